The standard InChI is InChI=1S/C32H34N2O7S/c1-7-8-9-10-13-40-22-12-11-20(16-24(22)38-5)26-25-27(35)21-14-17(2)18(3)15-23(21)41-28(25)30(36)34(26)32-33-19(4)29(42-32)31(37)39-6/h11-12,14-16,26H,7-10,13H2,1-6H3. The van der Waals surface area contributed by atoms with Gasteiger partial charge in [0.25, 0.3) is 5.91 Å². The maximum atomic E-state index is 14.1. The zero-order chi connectivity index (χ0) is 30.1. The number of amides is 1. The zero-order valence-electron chi connectivity index (χ0n) is 24.7. The predicted molar refractivity (Wildman–Crippen MR) is 161 cm³/mol. The molecule has 1 aliphatic heterocycles. The molecule has 1 unspecified atom stereocenters. The number of esters is 1. The number of anilines is 1. The Morgan fingerprint density at radius 1 is 1.02 bits per heavy atom. The summed E-state index contributed by atoms with van der Waals surface area (Å²) in [6, 6.07) is 8.06. The van der Waals surface area contributed by atoms with Gasteiger partial charge in [-0.3, -0.25) is 14.5 Å². The number of hydrogen-bond donors (Lipinski definition) is 0. The Morgan fingerprint density at radius 3 is 2.50 bits per heavy atom. The summed E-state index contributed by atoms with van der Waals surface area (Å²) < 4.78 is 22.7. The van der Waals surface area contributed by atoms with E-state index in [1.165, 1.54) is 12.0 Å². The van der Waals surface area contributed by atoms with Crippen LogP contribution in [0.15, 0.2) is 39.5 Å². The first-order valence-electron chi connectivity index (χ1n) is 14.0. The van der Waals surface area contributed by atoms with Crippen molar-refractivity contribution in [3.8, 4) is 11.5 Å². The van der Waals surface area contributed by atoms with E-state index < -0.39 is 17.9 Å². The minimum atomic E-state index is -0.877. The van der Waals surface area contributed by atoms with E-state index in [0.29, 0.717) is 40.3 Å². The highest BCUT2D eigenvalue weighted by Gasteiger charge is 2.45. The highest BCUT2D eigenvalue weighted by atomic mass is 32.1. The number of methoxy groups -OCH3 is 2. The molecule has 3 heterocycles. The third-order valence-electron chi connectivity index (χ3n) is 7.61. The van der Waals surface area contributed by atoms with Gasteiger partial charge < -0.3 is 18.6 Å². The number of rotatable bonds is 10. The lowest BCUT2D eigenvalue weighted by atomic mass is 9.97. The van der Waals surface area contributed by atoms with Crippen molar-refractivity contribution in [3.05, 3.63) is 79.1 Å². The second kappa shape index (κ2) is 12.0. The van der Waals surface area contributed by atoms with Crippen molar-refractivity contribution in [2.75, 3.05) is 25.7 Å². The van der Waals surface area contributed by atoms with Gasteiger partial charge in [0.15, 0.2) is 22.1 Å². The van der Waals surface area contributed by atoms with Gasteiger partial charge in [0.05, 0.1) is 43.5 Å². The second-order valence-electron chi connectivity index (χ2n) is 10.4. The molecular formula is C32H34N2O7S. The van der Waals surface area contributed by atoms with E-state index in [-0.39, 0.29) is 26.8 Å². The first kappa shape index (κ1) is 29.3. The topological polar surface area (TPSA) is 108 Å². The van der Waals surface area contributed by atoms with Crippen LogP contribution in [0.5, 0.6) is 11.5 Å². The molecule has 42 heavy (non-hydrogen) atoms. The molecule has 0 radical (unpaired) electrons. The summed E-state index contributed by atoms with van der Waals surface area (Å²) in [4.78, 5) is 46.7. The third kappa shape index (κ3) is 5.15. The Hall–Kier alpha value is -4.18. The van der Waals surface area contributed by atoms with Crippen molar-refractivity contribution in [2.24, 2.45) is 0 Å². The Balaban J connectivity index is 1.66. The fourth-order valence-corrected chi connectivity index (χ4v) is 6.20. The molecule has 5 rings (SSSR count). The van der Waals surface area contributed by atoms with Crippen LogP contribution in [0.1, 0.15) is 86.8 Å². The van der Waals surface area contributed by atoms with Gasteiger partial charge in [0.1, 0.15) is 10.5 Å². The van der Waals surface area contributed by atoms with Crippen LogP contribution in [0.25, 0.3) is 11.0 Å². The lowest BCUT2D eigenvalue weighted by Gasteiger charge is -2.23. The molecule has 2 aromatic carbocycles. The van der Waals surface area contributed by atoms with E-state index in [0.717, 1.165) is 48.1 Å². The average Bonchev–Trinajstić information content (AvgIpc) is 3.50. The number of aromatic nitrogens is 1. The molecule has 220 valence electrons. The monoisotopic (exact) mass is 590 g/mol. The van der Waals surface area contributed by atoms with Gasteiger partial charge in [-0.15, -0.1) is 0 Å². The first-order chi connectivity index (χ1) is 20.2. The lowest BCUT2D eigenvalue weighted by Crippen LogP contribution is -2.29. The van der Waals surface area contributed by atoms with Gasteiger partial charge >= 0.3 is 5.97 Å². The summed E-state index contributed by atoms with van der Waals surface area (Å²) in [6.45, 7) is 8.23. The molecule has 0 bridgehead atoms. The molecule has 1 atom stereocenters. The molecule has 0 fully saturated rings. The molecule has 0 N–H and O–H groups in total. The minimum absolute atomic E-state index is 0.0524. The Bertz CT molecular complexity index is 1740. The van der Waals surface area contributed by atoms with Gasteiger partial charge in [-0.2, -0.15) is 0 Å². The van der Waals surface area contributed by atoms with Gasteiger partial charge in [-0.25, -0.2) is 9.78 Å². The number of aryl methyl sites for hydroxylation is 3. The largest absolute Gasteiger partial charge is 0.493 e. The fourth-order valence-electron chi connectivity index (χ4n) is 5.19. The SMILES string of the molecule is CCCCCCOc1ccc(C2c3c(oc4cc(C)c(C)cc4c3=O)C(=O)N2c2nc(C)c(C(=O)OC)s2)cc1OC. The fraction of sp³-hybridized carbons (Fsp3) is 0.375. The third-order valence-corrected chi connectivity index (χ3v) is 8.74. The van der Waals surface area contributed by atoms with Crippen LogP contribution < -0.4 is 19.8 Å². The number of fused-ring (bicyclic) bond motifs is 2. The van der Waals surface area contributed by atoms with Crippen molar-refractivity contribution in [1.82, 2.24) is 4.98 Å². The molecule has 4 aromatic rings. The van der Waals surface area contributed by atoms with Crippen molar-refractivity contribution in [2.45, 2.75) is 59.4 Å². The van der Waals surface area contributed by atoms with E-state index in [9.17, 15) is 14.4 Å². The molecule has 0 saturated carbocycles. The molecule has 0 spiro atoms. The molecule has 2 aromatic heterocycles. The molecule has 9 nitrogen and oxygen atoms in total. The maximum absolute atomic E-state index is 14.1. The summed E-state index contributed by atoms with van der Waals surface area (Å²) in [5, 5.41) is 0.640. The van der Waals surface area contributed by atoms with Crippen molar-refractivity contribution < 1.29 is 28.2 Å². The van der Waals surface area contributed by atoms with Crippen molar-refractivity contribution in [3.63, 3.8) is 0 Å². The number of benzene rings is 2. The highest BCUT2D eigenvalue weighted by molar-refractivity contribution is 7.17. The van der Waals surface area contributed by atoms with E-state index in [2.05, 4.69) is 11.9 Å². The molecule has 0 aliphatic carbocycles. The summed E-state index contributed by atoms with van der Waals surface area (Å²) in [7, 11) is 2.84. The normalized spacial score (nSPS) is 14.4. The number of hydrogen-bond acceptors (Lipinski definition) is 9. The van der Waals surface area contributed by atoms with Crippen molar-refractivity contribution >= 4 is 39.3 Å². The minimum Gasteiger partial charge on any atom is -0.493 e. The van der Waals surface area contributed by atoms with Gasteiger partial charge in [-0.05, 0) is 68.1 Å². The molecule has 0 saturated heterocycles. The van der Waals surface area contributed by atoms with Crippen LogP contribution in [-0.4, -0.2) is 37.7 Å². The summed E-state index contributed by atoms with van der Waals surface area (Å²) in [6.07, 6.45) is 4.29. The summed E-state index contributed by atoms with van der Waals surface area (Å²) >= 11 is 1.03. The molecular weight excluding hydrogens is 556 g/mol. The van der Waals surface area contributed by atoms with Crippen LogP contribution in [-0.2, 0) is 4.74 Å². The van der Waals surface area contributed by atoms with Crippen LogP contribution in [0.2, 0.25) is 0 Å². The van der Waals surface area contributed by atoms with Gasteiger partial charge in [0.2, 0.25) is 5.76 Å². The maximum Gasteiger partial charge on any atom is 0.350 e. The van der Waals surface area contributed by atoms with Crippen LogP contribution in [0, 0.1) is 20.8 Å². The quantitative estimate of drug-likeness (QED) is 0.149. The molecule has 1 aliphatic rings. The van der Waals surface area contributed by atoms with Crippen LogP contribution in [0.4, 0.5) is 5.13 Å². The van der Waals surface area contributed by atoms with E-state index >= 15 is 0 Å². The zero-order valence-corrected chi connectivity index (χ0v) is 25.5. The Labute approximate surface area is 248 Å². The Morgan fingerprint density at radius 2 is 1.79 bits per heavy atom. The van der Waals surface area contributed by atoms with Crippen LogP contribution >= 0.6 is 11.3 Å². The number of carbonyl (C=O) groups excluding carboxylic acids is 2. The average molecular weight is 591 g/mol. The molecule has 1 amide bonds. The number of ether oxygens (including phenoxy) is 3. The number of unbranched alkanes of at least 4 members (excludes halogenated alkanes) is 3. The summed E-state index contributed by atoms with van der Waals surface area (Å²) in [5.41, 5.74) is 3.16. The Kier molecular flexibility index (Phi) is 8.36. The van der Waals surface area contributed by atoms with E-state index in [1.54, 1.807) is 38.3 Å². The summed E-state index contributed by atoms with van der Waals surface area (Å²) in [5.74, 6) is -0.0735. The van der Waals surface area contributed by atoms with Crippen molar-refractivity contribution in [1.29, 1.82) is 0 Å². The predicted octanol–water partition coefficient (Wildman–Crippen LogP) is 6.68. The number of nitrogens with zero attached hydrogens (tertiary/aromatic N) is 2. The van der Waals surface area contributed by atoms with Gasteiger partial charge in [-0.1, -0.05) is 43.6 Å². The van der Waals surface area contributed by atoms with E-state index in [4.69, 9.17) is 18.6 Å². The smallest absolute Gasteiger partial charge is 0.350 e. The lowest BCUT2D eigenvalue weighted by molar-refractivity contribution is 0.0605. The first-order valence-corrected chi connectivity index (χ1v) is 14.8. The number of thiazole rings is 1. The van der Waals surface area contributed by atoms with Gasteiger partial charge in [0, 0.05) is 0 Å². The molecule has 10 heteroatoms. The second-order valence-corrected chi connectivity index (χ2v) is 11.4. The van der Waals surface area contributed by atoms with Crippen LogP contribution in [0.3, 0.4) is 0 Å². The highest BCUT2D eigenvalue weighted by Crippen LogP contribution is 2.45. The number of carbonyl (C=O) groups is 2. The van der Waals surface area contributed by atoms with E-state index in [1.807, 2.05) is 19.9 Å².